The molecule has 2 rings (SSSR count). The van der Waals surface area contributed by atoms with Gasteiger partial charge in [-0.05, 0) is 35.0 Å². The number of rotatable bonds is 2. The van der Waals surface area contributed by atoms with Crippen LogP contribution in [0.2, 0.25) is 0 Å². The second-order valence-corrected chi connectivity index (χ2v) is 5.18. The molecule has 0 saturated carbocycles. The zero-order valence-electron chi connectivity index (χ0n) is 8.58. The molecule has 2 N–H and O–H groups in total. The van der Waals surface area contributed by atoms with Crippen molar-refractivity contribution in [3.8, 4) is 10.6 Å². The molecule has 16 heavy (non-hydrogen) atoms. The smallest absolute Gasteiger partial charge is 0.134 e. The van der Waals surface area contributed by atoms with Gasteiger partial charge < -0.3 is 5.73 Å². The van der Waals surface area contributed by atoms with Gasteiger partial charge in [-0.3, -0.25) is 0 Å². The van der Waals surface area contributed by atoms with E-state index in [2.05, 4.69) is 20.9 Å². The third-order valence-corrected chi connectivity index (χ3v) is 3.70. The molecular weight excluding hydrogens is 291 g/mol. The van der Waals surface area contributed by atoms with E-state index < -0.39 is 0 Å². The van der Waals surface area contributed by atoms with E-state index in [1.165, 1.54) is 17.4 Å². The highest BCUT2D eigenvalue weighted by atomic mass is 79.9. The molecule has 0 bridgehead atoms. The van der Waals surface area contributed by atoms with Crippen molar-refractivity contribution in [1.29, 1.82) is 0 Å². The number of nitrogens with zero attached hydrogens (tertiary/aromatic N) is 1. The van der Waals surface area contributed by atoms with E-state index in [0.717, 1.165) is 5.69 Å². The lowest BCUT2D eigenvalue weighted by Gasteiger charge is -2.02. The van der Waals surface area contributed by atoms with Gasteiger partial charge in [0.25, 0.3) is 0 Å². The van der Waals surface area contributed by atoms with Crippen LogP contribution in [0.4, 0.5) is 4.39 Å². The summed E-state index contributed by atoms with van der Waals surface area (Å²) in [6.45, 7) is 1.86. The minimum absolute atomic E-state index is 0.129. The van der Waals surface area contributed by atoms with E-state index in [4.69, 9.17) is 5.73 Å². The van der Waals surface area contributed by atoms with Gasteiger partial charge in [0, 0.05) is 15.9 Å². The zero-order valence-corrected chi connectivity index (χ0v) is 11.0. The number of hydrogen-bond donors (Lipinski definition) is 1. The first-order valence-electron chi connectivity index (χ1n) is 4.75. The molecule has 0 saturated heterocycles. The molecule has 1 heterocycles. The van der Waals surface area contributed by atoms with Gasteiger partial charge in [-0.25, -0.2) is 9.37 Å². The quantitative estimate of drug-likeness (QED) is 0.918. The fourth-order valence-corrected chi connectivity index (χ4v) is 2.96. The van der Waals surface area contributed by atoms with Gasteiger partial charge in [0.15, 0.2) is 0 Å². The molecule has 1 unspecified atom stereocenters. The van der Waals surface area contributed by atoms with Crippen molar-refractivity contribution >= 4 is 27.3 Å². The van der Waals surface area contributed by atoms with Crippen molar-refractivity contribution in [2.45, 2.75) is 13.0 Å². The van der Waals surface area contributed by atoms with E-state index in [-0.39, 0.29) is 11.9 Å². The minimum Gasteiger partial charge on any atom is -0.323 e. The Morgan fingerprint density at radius 1 is 1.50 bits per heavy atom. The van der Waals surface area contributed by atoms with E-state index in [1.807, 2.05) is 12.3 Å². The molecular formula is C11H10BrFN2S. The lowest BCUT2D eigenvalue weighted by Crippen LogP contribution is -2.04. The van der Waals surface area contributed by atoms with E-state index in [0.29, 0.717) is 15.0 Å². The highest BCUT2D eigenvalue weighted by Gasteiger charge is 2.14. The van der Waals surface area contributed by atoms with Crippen LogP contribution in [0.25, 0.3) is 10.6 Å². The predicted molar refractivity (Wildman–Crippen MR) is 67.8 cm³/mol. The van der Waals surface area contributed by atoms with Crippen molar-refractivity contribution in [1.82, 2.24) is 4.98 Å². The van der Waals surface area contributed by atoms with Gasteiger partial charge in [0.2, 0.25) is 0 Å². The second-order valence-electron chi connectivity index (χ2n) is 3.46. The molecule has 2 nitrogen and oxygen atoms in total. The summed E-state index contributed by atoms with van der Waals surface area (Å²) in [4.78, 5) is 4.33. The Labute approximate surface area is 105 Å². The van der Waals surface area contributed by atoms with Crippen LogP contribution in [0, 0.1) is 5.82 Å². The van der Waals surface area contributed by atoms with Crippen molar-refractivity contribution in [3.63, 3.8) is 0 Å². The Morgan fingerprint density at radius 3 is 2.81 bits per heavy atom. The average Bonchev–Trinajstić information content (AvgIpc) is 2.66. The fraction of sp³-hybridized carbons (Fsp3) is 0.182. The molecule has 2 aromatic rings. The Bertz CT molecular complexity index is 490. The highest BCUT2D eigenvalue weighted by Crippen LogP contribution is 2.33. The number of halogens is 2. The summed E-state index contributed by atoms with van der Waals surface area (Å²) in [5.74, 6) is -0.278. The number of hydrogen-bond acceptors (Lipinski definition) is 3. The van der Waals surface area contributed by atoms with Gasteiger partial charge in [-0.2, -0.15) is 0 Å². The third-order valence-electron chi connectivity index (χ3n) is 2.17. The van der Waals surface area contributed by atoms with Crippen LogP contribution in [0.1, 0.15) is 18.7 Å². The fourth-order valence-electron chi connectivity index (χ4n) is 1.31. The largest absolute Gasteiger partial charge is 0.323 e. The van der Waals surface area contributed by atoms with Gasteiger partial charge in [-0.15, -0.1) is 11.3 Å². The monoisotopic (exact) mass is 300 g/mol. The lowest BCUT2D eigenvalue weighted by atomic mass is 10.2. The molecule has 0 aliphatic rings. The topological polar surface area (TPSA) is 38.9 Å². The predicted octanol–water partition coefficient (Wildman–Crippen LogP) is 3.73. The Hall–Kier alpha value is -0.780. The second kappa shape index (κ2) is 4.61. The Balaban J connectivity index is 2.50. The summed E-state index contributed by atoms with van der Waals surface area (Å²) >= 11 is 4.72. The van der Waals surface area contributed by atoms with E-state index >= 15 is 0 Å². The molecule has 84 valence electrons. The van der Waals surface area contributed by atoms with Crippen LogP contribution in [0.3, 0.4) is 0 Å². The van der Waals surface area contributed by atoms with Gasteiger partial charge in [0.1, 0.15) is 10.8 Å². The van der Waals surface area contributed by atoms with Crippen LogP contribution in [0.15, 0.2) is 28.1 Å². The summed E-state index contributed by atoms with van der Waals surface area (Å²) in [5, 5.41) is 2.51. The lowest BCUT2D eigenvalue weighted by molar-refractivity contribution is 0.630. The normalized spacial score (nSPS) is 12.8. The number of nitrogens with two attached hydrogens (primary N) is 1. The Kier molecular flexibility index (Phi) is 3.37. The first kappa shape index (κ1) is 11.7. The van der Waals surface area contributed by atoms with E-state index in [9.17, 15) is 4.39 Å². The number of aromatic nitrogens is 1. The SMILES string of the molecule is CC(N)c1csc(-c2c(F)cccc2Br)n1. The van der Waals surface area contributed by atoms with Gasteiger partial charge >= 0.3 is 0 Å². The number of benzene rings is 1. The van der Waals surface area contributed by atoms with Crippen LogP contribution in [-0.2, 0) is 0 Å². The molecule has 0 aliphatic heterocycles. The maximum atomic E-state index is 13.7. The van der Waals surface area contributed by atoms with Crippen molar-refractivity contribution in [2.24, 2.45) is 5.73 Å². The van der Waals surface area contributed by atoms with Crippen molar-refractivity contribution in [3.05, 3.63) is 39.6 Å². The zero-order chi connectivity index (χ0) is 11.7. The van der Waals surface area contributed by atoms with Crippen LogP contribution < -0.4 is 5.73 Å². The molecule has 0 aliphatic carbocycles. The average molecular weight is 301 g/mol. The van der Waals surface area contributed by atoms with Crippen molar-refractivity contribution in [2.75, 3.05) is 0 Å². The van der Waals surface area contributed by atoms with Crippen molar-refractivity contribution < 1.29 is 4.39 Å². The number of thiazole rings is 1. The van der Waals surface area contributed by atoms with Crippen LogP contribution in [-0.4, -0.2) is 4.98 Å². The van der Waals surface area contributed by atoms with Crippen LogP contribution >= 0.6 is 27.3 Å². The van der Waals surface area contributed by atoms with E-state index in [1.54, 1.807) is 12.1 Å². The summed E-state index contributed by atoms with van der Waals surface area (Å²) in [6, 6.07) is 4.75. The standard InChI is InChI=1S/C11H10BrFN2S/c1-6(14)9-5-16-11(15-9)10-7(12)3-2-4-8(10)13/h2-6H,14H2,1H3. The molecule has 0 radical (unpaired) electrons. The maximum Gasteiger partial charge on any atom is 0.134 e. The van der Waals surface area contributed by atoms with Crippen LogP contribution in [0.5, 0.6) is 0 Å². The molecule has 1 aromatic heterocycles. The highest BCUT2D eigenvalue weighted by molar-refractivity contribution is 9.10. The summed E-state index contributed by atoms with van der Waals surface area (Å²) in [7, 11) is 0. The molecule has 0 amide bonds. The summed E-state index contributed by atoms with van der Waals surface area (Å²) in [5.41, 5.74) is 7.01. The van der Waals surface area contributed by atoms with Gasteiger partial charge in [-0.1, -0.05) is 6.07 Å². The molecule has 5 heteroatoms. The summed E-state index contributed by atoms with van der Waals surface area (Å²) < 4.78 is 14.4. The first-order valence-corrected chi connectivity index (χ1v) is 6.42. The summed E-state index contributed by atoms with van der Waals surface area (Å²) in [6.07, 6.45) is 0. The molecule has 0 spiro atoms. The third kappa shape index (κ3) is 2.16. The minimum atomic E-state index is -0.278. The molecule has 1 aromatic carbocycles. The first-order chi connectivity index (χ1) is 7.59. The molecule has 0 fully saturated rings. The maximum absolute atomic E-state index is 13.7. The molecule has 1 atom stereocenters. The van der Waals surface area contributed by atoms with Gasteiger partial charge in [0.05, 0.1) is 11.3 Å². The Morgan fingerprint density at radius 2 is 2.25 bits per heavy atom.